The van der Waals surface area contributed by atoms with E-state index in [9.17, 15) is 14.4 Å². The number of carbonyl (C=O) groups excluding carboxylic acids is 3. The summed E-state index contributed by atoms with van der Waals surface area (Å²) in [5.41, 5.74) is 2.06. The number of likely N-dealkylation sites (N-methyl/N-ethyl adjacent to an activating group) is 1. The Balaban J connectivity index is 1.70. The second kappa shape index (κ2) is 15.3. The molecule has 230 valence electrons. The molecular formula is C33H41BrN4O5. The van der Waals surface area contributed by atoms with E-state index in [0.29, 0.717) is 36.8 Å². The number of carbonyl (C=O) groups is 3. The molecule has 1 aliphatic heterocycles. The summed E-state index contributed by atoms with van der Waals surface area (Å²) < 4.78 is 12.2. The number of fused-ring (bicyclic) bond motifs is 1. The van der Waals surface area contributed by atoms with Gasteiger partial charge in [0.05, 0.1) is 31.1 Å². The van der Waals surface area contributed by atoms with Crippen LogP contribution in [0, 0.1) is 5.92 Å². The van der Waals surface area contributed by atoms with E-state index in [2.05, 4.69) is 26.6 Å². The van der Waals surface area contributed by atoms with Crippen molar-refractivity contribution in [3.05, 3.63) is 64.6 Å². The molecule has 3 amide bonds. The fraction of sp³-hybridized carbons (Fsp3) is 0.424. The molecule has 0 radical (unpaired) electrons. The number of para-hydroxylation sites is 2. The van der Waals surface area contributed by atoms with Crippen molar-refractivity contribution >= 4 is 56.3 Å². The van der Waals surface area contributed by atoms with Crippen LogP contribution in [0.5, 0.6) is 5.75 Å². The third-order valence-corrected chi connectivity index (χ3v) is 8.48. The lowest BCUT2D eigenvalue weighted by Gasteiger charge is -2.32. The monoisotopic (exact) mass is 652 g/mol. The van der Waals surface area contributed by atoms with E-state index in [0.717, 1.165) is 40.1 Å². The molecule has 3 aromatic carbocycles. The highest BCUT2D eigenvalue weighted by Gasteiger charge is 2.28. The summed E-state index contributed by atoms with van der Waals surface area (Å²) in [7, 11) is 3.34. The van der Waals surface area contributed by atoms with Crippen molar-refractivity contribution in [1.29, 1.82) is 0 Å². The molecule has 2 atom stereocenters. The van der Waals surface area contributed by atoms with Crippen LogP contribution in [0.25, 0.3) is 10.8 Å². The second-order valence-corrected chi connectivity index (χ2v) is 11.9. The lowest BCUT2D eigenvalue weighted by molar-refractivity contribution is -0.124. The molecule has 0 aliphatic carbocycles. The third kappa shape index (κ3) is 8.13. The van der Waals surface area contributed by atoms with Gasteiger partial charge in [-0.25, -0.2) is 0 Å². The van der Waals surface area contributed by atoms with Crippen LogP contribution in [-0.4, -0.2) is 64.2 Å². The number of amides is 3. The summed E-state index contributed by atoms with van der Waals surface area (Å²) in [6, 6.07) is 16.6. The molecule has 0 bridgehead atoms. The molecule has 1 fully saturated rings. The first-order chi connectivity index (χ1) is 20.7. The fourth-order valence-corrected chi connectivity index (χ4v) is 5.82. The van der Waals surface area contributed by atoms with E-state index in [-0.39, 0.29) is 42.9 Å². The first-order valence-electron chi connectivity index (χ1n) is 14.7. The molecule has 3 aromatic rings. The molecule has 4 rings (SSSR count). The Labute approximate surface area is 262 Å². The average molecular weight is 654 g/mol. The van der Waals surface area contributed by atoms with Crippen LogP contribution in [0.15, 0.2) is 59.1 Å². The molecule has 0 aromatic heterocycles. The summed E-state index contributed by atoms with van der Waals surface area (Å²) in [4.78, 5) is 42.7. The van der Waals surface area contributed by atoms with Crippen molar-refractivity contribution < 1.29 is 23.9 Å². The van der Waals surface area contributed by atoms with Crippen LogP contribution >= 0.6 is 15.9 Å². The number of nitrogens with one attached hydrogen (secondary N) is 2. The van der Waals surface area contributed by atoms with Gasteiger partial charge in [-0.3, -0.25) is 14.4 Å². The highest BCUT2D eigenvalue weighted by molar-refractivity contribution is 9.10. The minimum atomic E-state index is -0.372. The minimum Gasteiger partial charge on any atom is -0.496 e. The predicted molar refractivity (Wildman–Crippen MR) is 174 cm³/mol. The molecule has 0 spiro atoms. The van der Waals surface area contributed by atoms with E-state index < -0.39 is 0 Å². The Bertz CT molecular complexity index is 1430. The van der Waals surface area contributed by atoms with Gasteiger partial charge >= 0.3 is 0 Å². The number of benzene rings is 3. The van der Waals surface area contributed by atoms with Crippen molar-refractivity contribution in [2.75, 3.05) is 43.7 Å². The van der Waals surface area contributed by atoms with Gasteiger partial charge in [-0.2, -0.15) is 0 Å². The molecule has 1 heterocycles. The van der Waals surface area contributed by atoms with E-state index in [1.54, 1.807) is 30.9 Å². The van der Waals surface area contributed by atoms with Crippen LogP contribution in [0.3, 0.4) is 0 Å². The Morgan fingerprint density at radius 1 is 1.09 bits per heavy atom. The first-order valence-corrected chi connectivity index (χ1v) is 15.5. The number of hydrogen-bond acceptors (Lipinski definition) is 6. The molecule has 43 heavy (non-hydrogen) atoms. The SMILES string of the molecule is CN[C@@H](C)C(=O)NC(C)CN(C(=O)CC1CCOCC1)c1ccccc1N(C=O)Cc1c(OC)ccc2cc(Br)ccc12. The maximum Gasteiger partial charge on any atom is 0.237 e. The van der Waals surface area contributed by atoms with Crippen molar-refractivity contribution in [2.45, 2.75) is 51.7 Å². The quantitative estimate of drug-likeness (QED) is 0.251. The van der Waals surface area contributed by atoms with Gasteiger partial charge in [0, 0.05) is 42.3 Å². The summed E-state index contributed by atoms with van der Waals surface area (Å²) in [5, 5.41) is 7.94. The summed E-state index contributed by atoms with van der Waals surface area (Å²) >= 11 is 3.54. The van der Waals surface area contributed by atoms with Gasteiger partial charge in [0.2, 0.25) is 18.2 Å². The largest absolute Gasteiger partial charge is 0.496 e. The molecule has 1 aliphatic rings. The van der Waals surface area contributed by atoms with Gasteiger partial charge in [0.1, 0.15) is 5.75 Å². The standard InChI is InChI=1S/C33H41BrN4O5/c1-22(36-33(41)23(2)35-3)19-38(32(40)17-24-13-15-43-16-14-24)30-8-6-5-7-29(30)37(21-39)20-28-27-11-10-26(34)18-25(27)9-12-31(28)42-4/h5-12,18,21-24,35H,13-17,19-20H2,1-4H3,(H,36,41)/t22?,23-/m0/s1. The van der Waals surface area contributed by atoms with Gasteiger partial charge in [0.25, 0.3) is 0 Å². The molecule has 1 unspecified atom stereocenters. The van der Waals surface area contributed by atoms with Crippen LogP contribution in [0.2, 0.25) is 0 Å². The highest BCUT2D eigenvalue weighted by atomic mass is 79.9. The summed E-state index contributed by atoms with van der Waals surface area (Å²) in [6.45, 7) is 5.44. The van der Waals surface area contributed by atoms with Crippen LogP contribution in [-0.2, 0) is 25.7 Å². The maximum atomic E-state index is 14.0. The van der Waals surface area contributed by atoms with Gasteiger partial charge in [0.15, 0.2) is 0 Å². The van der Waals surface area contributed by atoms with Crippen molar-refractivity contribution in [3.63, 3.8) is 0 Å². The molecule has 2 N–H and O–H groups in total. The average Bonchev–Trinajstić information content (AvgIpc) is 3.02. The number of ether oxygens (including phenoxy) is 2. The highest BCUT2D eigenvalue weighted by Crippen LogP contribution is 2.35. The van der Waals surface area contributed by atoms with Crippen molar-refractivity contribution in [3.8, 4) is 5.75 Å². The first kappa shape index (κ1) is 32.4. The third-order valence-electron chi connectivity index (χ3n) is 7.98. The lowest BCUT2D eigenvalue weighted by atomic mass is 9.95. The topological polar surface area (TPSA) is 100 Å². The molecular weight excluding hydrogens is 612 g/mol. The van der Waals surface area contributed by atoms with E-state index in [1.807, 2.05) is 61.5 Å². The Morgan fingerprint density at radius 2 is 1.81 bits per heavy atom. The van der Waals surface area contributed by atoms with E-state index >= 15 is 0 Å². The number of rotatable bonds is 13. The van der Waals surface area contributed by atoms with Gasteiger partial charge in [-0.15, -0.1) is 0 Å². The van der Waals surface area contributed by atoms with Gasteiger partial charge in [-0.05, 0) is 80.8 Å². The Hall–Kier alpha value is -3.47. The molecule has 1 saturated heterocycles. The molecule has 0 saturated carbocycles. The van der Waals surface area contributed by atoms with Crippen molar-refractivity contribution in [2.24, 2.45) is 5.92 Å². The Morgan fingerprint density at radius 3 is 2.49 bits per heavy atom. The summed E-state index contributed by atoms with van der Waals surface area (Å²) in [6.07, 6.45) is 2.80. The lowest BCUT2D eigenvalue weighted by Crippen LogP contribution is -2.49. The normalized spacial score (nSPS) is 15.0. The van der Waals surface area contributed by atoms with Gasteiger partial charge in [-0.1, -0.05) is 40.2 Å². The van der Waals surface area contributed by atoms with Gasteiger partial charge < -0.3 is 29.9 Å². The maximum absolute atomic E-state index is 14.0. The molecule has 10 heteroatoms. The zero-order valence-electron chi connectivity index (χ0n) is 25.3. The van der Waals surface area contributed by atoms with E-state index in [4.69, 9.17) is 9.47 Å². The van der Waals surface area contributed by atoms with Crippen LogP contribution in [0.4, 0.5) is 11.4 Å². The second-order valence-electron chi connectivity index (χ2n) is 11.0. The number of anilines is 2. The number of nitrogens with zero attached hydrogens (tertiary/aromatic N) is 2. The summed E-state index contributed by atoms with van der Waals surface area (Å²) in [5.74, 6) is 0.679. The number of hydrogen-bond donors (Lipinski definition) is 2. The number of halogens is 1. The van der Waals surface area contributed by atoms with Crippen LogP contribution < -0.4 is 25.2 Å². The fourth-order valence-electron chi connectivity index (χ4n) is 5.44. The molecule has 9 nitrogen and oxygen atoms in total. The zero-order valence-corrected chi connectivity index (χ0v) is 26.9. The Kier molecular flexibility index (Phi) is 11.6. The van der Waals surface area contributed by atoms with E-state index in [1.165, 1.54) is 0 Å². The van der Waals surface area contributed by atoms with Crippen molar-refractivity contribution in [1.82, 2.24) is 10.6 Å². The number of methoxy groups -OCH3 is 1. The minimum absolute atomic E-state index is 0.0550. The van der Waals surface area contributed by atoms with Crippen LogP contribution in [0.1, 0.15) is 38.7 Å². The zero-order chi connectivity index (χ0) is 30.9. The smallest absolute Gasteiger partial charge is 0.237 e. The predicted octanol–water partition coefficient (Wildman–Crippen LogP) is 5.04.